The molecule has 0 aromatic heterocycles. The minimum absolute atomic E-state index is 0.0622. The Balaban J connectivity index is 0.975. The van der Waals surface area contributed by atoms with Crippen LogP contribution in [0.15, 0.2) is 0 Å². The molecule has 0 aromatic rings. The first-order chi connectivity index (χ1) is 26.4. The van der Waals surface area contributed by atoms with Gasteiger partial charge in [-0.3, -0.25) is 16.0 Å². The molecule has 314 valence electrons. The normalized spacial score (nSPS) is 40.3. The van der Waals surface area contributed by atoms with E-state index in [4.69, 9.17) is 10.5 Å². The molecule has 0 radical (unpaired) electrons. The maximum Gasteiger partial charge on any atom is 0.120 e. The molecule has 0 spiro atoms. The molecule has 12 heteroatoms. The summed E-state index contributed by atoms with van der Waals surface area (Å²) in [4.78, 5) is 2.71. The van der Waals surface area contributed by atoms with Gasteiger partial charge in [-0.2, -0.15) is 0 Å². The maximum absolute atomic E-state index is 11.6. The van der Waals surface area contributed by atoms with Crippen LogP contribution in [0.5, 0.6) is 0 Å². The summed E-state index contributed by atoms with van der Waals surface area (Å²) in [5.74, 6) is 4.50. The summed E-state index contributed by atoms with van der Waals surface area (Å²) in [5, 5.41) is 49.0. The first-order valence-electron chi connectivity index (χ1n) is 22.9. The van der Waals surface area contributed by atoms with E-state index in [-0.39, 0.29) is 36.1 Å². The van der Waals surface area contributed by atoms with Gasteiger partial charge >= 0.3 is 0 Å². The van der Waals surface area contributed by atoms with Crippen molar-refractivity contribution in [2.45, 2.75) is 153 Å². The van der Waals surface area contributed by atoms with Crippen molar-refractivity contribution in [1.29, 1.82) is 0 Å². The molecule has 6 fully saturated rings. The molecule has 0 bridgehead atoms. The lowest BCUT2D eigenvalue weighted by molar-refractivity contribution is 0.0134. The number of hydrogen-bond acceptors (Lipinski definition) is 12. The summed E-state index contributed by atoms with van der Waals surface area (Å²) in [7, 11) is 0. The summed E-state index contributed by atoms with van der Waals surface area (Å²) in [6, 6.07) is 0.788. The summed E-state index contributed by atoms with van der Waals surface area (Å²) in [6.45, 7) is 17.6. The van der Waals surface area contributed by atoms with Crippen molar-refractivity contribution in [3.8, 4) is 0 Å². The summed E-state index contributed by atoms with van der Waals surface area (Å²) in [5.41, 5.74) is 6.48. The monoisotopic (exact) mass is 762 g/mol. The van der Waals surface area contributed by atoms with Gasteiger partial charge in [-0.05, 0) is 100 Å². The van der Waals surface area contributed by atoms with Crippen molar-refractivity contribution < 1.29 is 14.9 Å². The Kier molecular flexibility index (Phi) is 17.6. The van der Waals surface area contributed by atoms with Crippen LogP contribution in [-0.4, -0.2) is 136 Å². The van der Waals surface area contributed by atoms with E-state index >= 15 is 0 Å². The number of aliphatic hydroxyl groups excluding tert-OH is 2. The Morgan fingerprint density at radius 2 is 1.54 bits per heavy atom. The number of ether oxygens (including phenoxy) is 1. The average molecular weight is 762 g/mol. The number of hydrogen-bond donors (Lipinski definition) is 10. The third-order valence-electron chi connectivity index (χ3n) is 15.0. The molecule has 11 N–H and O–H groups in total. The molecule has 12 nitrogen and oxygen atoms in total. The first kappa shape index (κ1) is 43.1. The van der Waals surface area contributed by atoms with Crippen LogP contribution in [-0.2, 0) is 4.74 Å². The summed E-state index contributed by atoms with van der Waals surface area (Å²) >= 11 is 0. The van der Waals surface area contributed by atoms with E-state index in [2.05, 4.69) is 62.9 Å². The standard InChI is InChI=1S/C42H83N9O3/c1-4-36-35(39(48-32-14-20-54-21-15-32)34(24-43)40(50-36)45-5-2)26-47-42(53)38-11-7-10-37(49-38)41(52)46-25-29-13-12-28(3)33(23-29)31-9-6-8-30(22-31)27-51-18-16-44-17-19-51/h28-42,44-50,52-53H,4-27,43H2,1-3H3. The predicted molar refractivity (Wildman–Crippen MR) is 219 cm³/mol. The predicted octanol–water partition coefficient (Wildman–Crippen LogP) is 1.72. The molecule has 54 heavy (non-hydrogen) atoms. The summed E-state index contributed by atoms with van der Waals surface area (Å²) < 4.78 is 5.68. The van der Waals surface area contributed by atoms with Crippen LogP contribution < -0.4 is 43.0 Å². The van der Waals surface area contributed by atoms with Gasteiger partial charge < -0.3 is 46.9 Å². The van der Waals surface area contributed by atoms with Crippen LogP contribution in [0.3, 0.4) is 0 Å². The number of nitrogens with two attached hydrogens (primary N) is 1. The van der Waals surface area contributed by atoms with E-state index in [0.29, 0.717) is 31.1 Å². The average Bonchev–Trinajstić information content (AvgIpc) is 3.20. The third kappa shape index (κ3) is 11.8. The van der Waals surface area contributed by atoms with Crippen LogP contribution in [0.4, 0.5) is 0 Å². The van der Waals surface area contributed by atoms with E-state index < -0.39 is 12.5 Å². The minimum Gasteiger partial charge on any atom is -0.381 e. The van der Waals surface area contributed by atoms with Crippen LogP contribution in [0.2, 0.25) is 0 Å². The van der Waals surface area contributed by atoms with E-state index in [1.165, 1.54) is 64.6 Å². The lowest BCUT2D eigenvalue weighted by atomic mass is 9.64. The molecule has 2 saturated carbocycles. The quantitative estimate of drug-likeness (QED) is 0.0980. The van der Waals surface area contributed by atoms with Crippen molar-refractivity contribution in [3.63, 3.8) is 0 Å². The highest BCUT2D eigenvalue weighted by molar-refractivity contribution is 5.02. The fourth-order valence-electron chi connectivity index (χ4n) is 11.8. The van der Waals surface area contributed by atoms with Gasteiger partial charge in [0, 0.05) is 101 Å². The molecule has 6 rings (SSSR count). The zero-order valence-corrected chi connectivity index (χ0v) is 34.5. The zero-order valence-electron chi connectivity index (χ0n) is 34.5. The number of nitrogens with zero attached hydrogens (tertiary/aromatic N) is 1. The lowest BCUT2D eigenvalue weighted by Crippen LogP contribution is -2.71. The van der Waals surface area contributed by atoms with Gasteiger partial charge in [0.25, 0.3) is 0 Å². The minimum atomic E-state index is -0.685. The summed E-state index contributed by atoms with van der Waals surface area (Å²) in [6.07, 6.45) is 14.3. The molecule has 4 heterocycles. The molecule has 0 aromatic carbocycles. The number of piperidine rings is 2. The molecule has 4 saturated heterocycles. The molecule has 14 atom stereocenters. The van der Waals surface area contributed by atoms with Gasteiger partial charge in [-0.1, -0.05) is 46.5 Å². The van der Waals surface area contributed by atoms with Gasteiger partial charge in [0.15, 0.2) is 0 Å². The Bertz CT molecular complexity index is 1050. The zero-order chi connectivity index (χ0) is 37.9. The van der Waals surface area contributed by atoms with Gasteiger partial charge in [0.2, 0.25) is 0 Å². The number of rotatable bonds is 17. The Labute approximate surface area is 328 Å². The topological polar surface area (TPSA) is 163 Å². The van der Waals surface area contributed by atoms with Crippen molar-refractivity contribution in [2.75, 3.05) is 72.1 Å². The van der Waals surface area contributed by atoms with Gasteiger partial charge in [0.1, 0.15) is 12.5 Å². The number of aliphatic hydroxyl groups is 2. The second-order valence-corrected chi connectivity index (χ2v) is 18.5. The van der Waals surface area contributed by atoms with E-state index in [1.54, 1.807) is 0 Å². The molecular weight excluding hydrogens is 679 g/mol. The molecule has 6 aliphatic rings. The smallest absolute Gasteiger partial charge is 0.120 e. The van der Waals surface area contributed by atoms with Crippen LogP contribution in [0.25, 0.3) is 0 Å². The Morgan fingerprint density at radius 1 is 0.815 bits per heavy atom. The molecule has 4 aliphatic heterocycles. The highest BCUT2D eigenvalue weighted by Crippen LogP contribution is 2.45. The van der Waals surface area contributed by atoms with Crippen LogP contribution in [0.1, 0.15) is 104 Å². The van der Waals surface area contributed by atoms with Crippen molar-refractivity contribution in [2.24, 2.45) is 47.2 Å². The largest absolute Gasteiger partial charge is 0.381 e. The highest BCUT2D eigenvalue weighted by Gasteiger charge is 2.44. The first-order valence-corrected chi connectivity index (χ1v) is 22.9. The fourth-order valence-corrected chi connectivity index (χ4v) is 11.8. The maximum atomic E-state index is 11.6. The fraction of sp³-hybridized carbons (Fsp3) is 1.00. The van der Waals surface area contributed by atoms with E-state index in [0.717, 1.165) is 102 Å². The number of nitrogens with one attached hydrogen (secondary N) is 7. The SMILES string of the molecule is CCNC1NC(CC)C(CNC(O)C2CCCC(C(O)NCC3CCC(C)C(C4CCCC(CN5CCNCC5)C4)C3)N2)C(NC2CCOCC2)C1CN. The Morgan fingerprint density at radius 3 is 2.24 bits per heavy atom. The molecule has 2 aliphatic carbocycles. The van der Waals surface area contributed by atoms with Crippen LogP contribution >= 0.6 is 0 Å². The second-order valence-electron chi connectivity index (χ2n) is 18.5. The van der Waals surface area contributed by atoms with Crippen molar-refractivity contribution >= 4 is 0 Å². The van der Waals surface area contributed by atoms with Gasteiger partial charge in [-0.15, -0.1) is 0 Å². The molecule has 14 unspecified atom stereocenters. The van der Waals surface area contributed by atoms with E-state index in [1.807, 2.05) is 0 Å². The van der Waals surface area contributed by atoms with E-state index in [9.17, 15) is 10.2 Å². The lowest BCUT2D eigenvalue weighted by Gasteiger charge is -2.50. The second kappa shape index (κ2) is 22.0. The third-order valence-corrected chi connectivity index (χ3v) is 15.0. The van der Waals surface area contributed by atoms with Crippen LogP contribution in [0, 0.1) is 41.4 Å². The highest BCUT2D eigenvalue weighted by atomic mass is 16.5. The van der Waals surface area contributed by atoms with Gasteiger partial charge in [0.05, 0.1) is 6.17 Å². The molecule has 0 amide bonds. The van der Waals surface area contributed by atoms with Crippen molar-refractivity contribution in [1.82, 2.24) is 42.1 Å². The Hall–Kier alpha value is -0.480. The van der Waals surface area contributed by atoms with Crippen molar-refractivity contribution in [3.05, 3.63) is 0 Å². The number of piperazine rings is 1. The van der Waals surface area contributed by atoms with Gasteiger partial charge in [-0.25, -0.2) is 0 Å². The molecular formula is C42H83N9O3.